The topological polar surface area (TPSA) is 46.5 Å². The van der Waals surface area contributed by atoms with Gasteiger partial charge in [-0.3, -0.25) is 4.79 Å². The number of aromatic hydroxyl groups is 1. The number of hydrogen-bond acceptors (Lipinski definition) is 3. The number of carbonyl (C=O) groups excluding carboxylic acids is 1. The molecule has 0 atom stereocenters. The Kier molecular flexibility index (Phi) is 21.6. The number of alkyl halides is 3. The second-order valence-corrected chi connectivity index (χ2v) is 5.05. The fourth-order valence-corrected chi connectivity index (χ4v) is 1.14. The van der Waals surface area contributed by atoms with E-state index in [0.29, 0.717) is 18.6 Å². The zero-order valence-corrected chi connectivity index (χ0v) is 14.7. The SMILES string of the molecule is C=CCOC=O.Cl.Cl.Cl.Oc1cccc(C(Cl)(Cl)Cl)c1. The molecule has 1 aromatic carbocycles. The highest BCUT2D eigenvalue weighted by atomic mass is 35.6. The van der Waals surface area contributed by atoms with Crippen molar-refractivity contribution in [3.05, 3.63) is 42.5 Å². The first-order valence-electron chi connectivity index (χ1n) is 4.44. The van der Waals surface area contributed by atoms with Crippen LogP contribution in [0.1, 0.15) is 5.56 Å². The molecule has 0 saturated heterocycles. The van der Waals surface area contributed by atoms with E-state index >= 15 is 0 Å². The summed E-state index contributed by atoms with van der Waals surface area (Å²) in [6.07, 6.45) is 1.51. The van der Waals surface area contributed by atoms with Gasteiger partial charge < -0.3 is 9.84 Å². The second kappa shape index (κ2) is 15.4. The Morgan fingerprint density at radius 3 is 2.05 bits per heavy atom. The van der Waals surface area contributed by atoms with Gasteiger partial charge in [-0.15, -0.1) is 37.2 Å². The lowest BCUT2D eigenvalue weighted by atomic mass is 10.2. The molecule has 0 radical (unpaired) electrons. The van der Waals surface area contributed by atoms with Crippen molar-refractivity contribution >= 4 is 78.5 Å². The van der Waals surface area contributed by atoms with Gasteiger partial charge in [0.15, 0.2) is 0 Å². The molecule has 0 aliphatic heterocycles. The smallest absolute Gasteiger partial charge is 0.293 e. The third-order valence-electron chi connectivity index (χ3n) is 1.46. The van der Waals surface area contributed by atoms with Crippen LogP contribution in [0.5, 0.6) is 5.75 Å². The van der Waals surface area contributed by atoms with E-state index in [4.69, 9.17) is 39.9 Å². The van der Waals surface area contributed by atoms with Crippen molar-refractivity contribution in [1.29, 1.82) is 0 Å². The number of halogens is 6. The molecule has 0 aliphatic carbocycles. The first-order chi connectivity index (χ1) is 7.91. The fourth-order valence-electron chi connectivity index (χ4n) is 0.790. The summed E-state index contributed by atoms with van der Waals surface area (Å²) in [6.45, 7) is 4.01. The Balaban J connectivity index is -0.000000126. The number of benzene rings is 1. The average Bonchev–Trinajstić information content (AvgIpc) is 2.26. The second-order valence-electron chi connectivity index (χ2n) is 2.77. The third kappa shape index (κ3) is 14.4. The zero-order valence-electron chi connectivity index (χ0n) is 10.0. The molecule has 0 spiro atoms. The van der Waals surface area contributed by atoms with Crippen molar-refractivity contribution in [2.24, 2.45) is 0 Å². The number of ether oxygens (including phenoxy) is 1. The van der Waals surface area contributed by atoms with E-state index in [9.17, 15) is 4.79 Å². The molecule has 9 heteroatoms. The molecule has 0 unspecified atom stereocenters. The molecule has 0 bridgehead atoms. The summed E-state index contributed by atoms with van der Waals surface area (Å²) in [5, 5.41) is 9.00. The standard InChI is InChI=1S/C7H5Cl3O.C4H6O2.3ClH/c8-7(9,10)5-2-1-3-6(11)4-5;1-2-3-6-4-5;;;/h1-4,11H;2,4H,1,3H2;3*1H. The maximum Gasteiger partial charge on any atom is 0.293 e. The predicted octanol–water partition coefficient (Wildman–Crippen LogP) is 4.83. The molecule has 0 aliphatic rings. The van der Waals surface area contributed by atoms with Crippen molar-refractivity contribution < 1.29 is 14.6 Å². The lowest BCUT2D eigenvalue weighted by Crippen LogP contribution is -1.98. The van der Waals surface area contributed by atoms with E-state index in [2.05, 4.69) is 11.3 Å². The Labute approximate surface area is 151 Å². The van der Waals surface area contributed by atoms with Gasteiger partial charge in [-0.2, -0.15) is 0 Å². The lowest BCUT2D eigenvalue weighted by Gasteiger charge is -2.10. The normalized spacial score (nSPS) is 8.35. The summed E-state index contributed by atoms with van der Waals surface area (Å²) in [6, 6.07) is 6.17. The molecular formula is C11H14Cl6O3. The van der Waals surface area contributed by atoms with E-state index in [-0.39, 0.29) is 43.0 Å². The molecule has 0 heterocycles. The van der Waals surface area contributed by atoms with E-state index in [1.165, 1.54) is 18.2 Å². The summed E-state index contributed by atoms with van der Waals surface area (Å²) in [5.41, 5.74) is 0.461. The molecule has 3 nitrogen and oxygen atoms in total. The van der Waals surface area contributed by atoms with Crippen LogP contribution in [-0.2, 0) is 13.3 Å². The minimum absolute atomic E-state index is 0. The Bertz CT molecular complexity index is 359. The van der Waals surface area contributed by atoms with Crippen molar-refractivity contribution in [2.45, 2.75) is 3.79 Å². The first-order valence-corrected chi connectivity index (χ1v) is 5.57. The molecule has 0 aromatic heterocycles. The average molecular weight is 407 g/mol. The molecule has 0 saturated carbocycles. The van der Waals surface area contributed by atoms with Crippen LogP contribution in [0.3, 0.4) is 0 Å². The van der Waals surface area contributed by atoms with Crippen LogP contribution in [0.15, 0.2) is 36.9 Å². The van der Waals surface area contributed by atoms with Gasteiger partial charge in [-0.25, -0.2) is 0 Å². The number of phenolic OH excluding ortho intramolecular Hbond substituents is 1. The summed E-state index contributed by atoms with van der Waals surface area (Å²) < 4.78 is 2.72. The molecule has 1 aromatic rings. The van der Waals surface area contributed by atoms with E-state index in [1.807, 2.05) is 0 Å². The molecule has 1 rings (SSSR count). The fraction of sp³-hybridized carbons (Fsp3) is 0.182. The van der Waals surface area contributed by atoms with Gasteiger partial charge in [-0.05, 0) is 12.1 Å². The summed E-state index contributed by atoms with van der Waals surface area (Å²) in [5.74, 6) is 0.0915. The largest absolute Gasteiger partial charge is 0.508 e. The quantitative estimate of drug-likeness (QED) is 0.338. The van der Waals surface area contributed by atoms with Crippen molar-refractivity contribution in [1.82, 2.24) is 0 Å². The molecule has 118 valence electrons. The Hall–Kier alpha value is -0.0300. The van der Waals surface area contributed by atoms with Gasteiger partial charge >= 0.3 is 0 Å². The maximum atomic E-state index is 9.29. The number of hydrogen-bond donors (Lipinski definition) is 1. The zero-order chi connectivity index (χ0) is 13.3. The van der Waals surface area contributed by atoms with Crippen LogP contribution in [0.2, 0.25) is 0 Å². The minimum atomic E-state index is -1.46. The van der Waals surface area contributed by atoms with Crippen molar-refractivity contribution in [3.63, 3.8) is 0 Å². The number of phenols is 1. The van der Waals surface area contributed by atoms with Crippen LogP contribution in [0, 0.1) is 0 Å². The molecule has 1 N–H and O–H groups in total. The van der Waals surface area contributed by atoms with E-state index in [1.54, 1.807) is 12.1 Å². The van der Waals surface area contributed by atoms with Gasteiger partial charge in [-0.1, -0.05) is 59.6 Å². The van der Waals surface area contributed by atoms with Crippen LogP contribution < -0.4 is 0 Å². The summed E-state index contributed by atoms with van der Waals surface area (Å²) in [4.78, 5) is 9.29. The summed E-state index contributed by atoms with van der Waals surface area (Å²) in [7, 11) is 0. The lowest BCUT2D eigenvalue weighted by molar-refractivity contribution is -0.127. The van der Waals surface area contributed by atoms with Crippen LogP contribution >= 0.6 is 72.0 Å². The Morgan fingerprint density at radius 1 is 1.25 bits per heavy atom. The highest BCUT2D eigenvalue weighted by Gasteiger charge is 2.22. The van der Waals surface area contributed by atoms with Gasteiger partial charge in [0.25, 0.3) is 6.47 Å². The third-order valence-corrected chi connectivity index (χ3v) is 2.11. The van der Waals surface area contributed by atoms with Gasteiger partial charge in [0.2, 0.25) is 3.79 Å². The molecule has 0 fully saturated rings. The summed E-state index contributed by atoms with van der Waals surface area (Å²) >= 11 is 16.7. The van der Waals surface area contributed by atoms with E-state index < -0.39 is 3.79 Å². The predicted molar refractivity (Wildman–Crippen MR) is 91.3 cm³/mol. The monoisotopic (exact) mass is 404 g/mol. The van der Waals surface area contributed by atoms with Crippen LogP contribution in [0.25, 0.3) is 0 Å². The van der Waals surface area contributed by atoms with Crippen molar-refractivity contribution in [2.75, 3.05) is 6.61 Å². The number of carbonyl (C=O) groups is 1. The molecular weight excluding hydrogens is 393 g/mol. The van der Waals surface area contributed by atoms with Gasteiger partial charge in [0, 0.05) is 5.56 Å². The maximum absolute atomic E-state index is 9.29. The van der Waals surface area contributed by atoms with Gasteiger partial charge in [0.1, 0.15) is 12.4 Å². The van der Waals surface area contributed by atoms with Crippen LogP contribution in [0.4, 0.5) is 0 Å². The molecule has 20 heavy (non-hydrogen) atoms. The van der Waals surface area contributed by atoms with E-state index in [0.717, 1.165) is 0 Å². The van der Waals surface area contributed by atoms with Crippen LogP contribution in [-0.4, -0.2) is 18.2 Å². The minimum Gasteiger partial charge on any atom is -0.508 e. The number of rotatable bonds is 3. The molecule has 0 amide bonds. The Morgan fingerprint density at radius 2 is 1.80 bits per heavy atom. The highest BCUT2D eigenvalue weighted by molar-refractivity contribution is 6.66. The first kappa shape index (κ1) is 28.2. The van der Waals surface area contributed by atoms with Gasteiger partial charge in [0.05, 0.1) is 0 Å². The highest BCUT2D eigenvalue weighted by Crippen LogP contribution is 2.38. The van der Waals surface area contributed by atoms with Crippen molar-refractivity contribution in [3.8, 4) is 5.75 Å².